The van der Waals surface area contributed by atoms with Gasteiger partial charge in [0.2, 0.25) is 5.82 Å². The van der Waals surface area contributed by atoms with Crippen molar-refractivity contribution >= 4 is 23.4 Å². The van der Waals surface area contributed by atoms with E-state index in [1.165, 1.54) is 0 Å². The summed E-state index contributed by atoms with van der Waals surface area (Å²) in [4.78, 5) is 50.2. The van der Waals surface area contributed by atoms with Crippen molar-refractivity contribution in [1.82, 2.24) is 29.8 Å². The average Bonchev–Trinajstić information content (AvgIpc) is 3.50. The maximum absolute atomic E-state index is 14.7. The number of likely N-dealkylation sites (tertiary alicyclic amines) is 1. The number of aryl methyl sites for hydroxylation is 1. The Balaban J connectivity index is 1.27. The van der Waals surface area contributed by atoms with Crippen LogP contribution >= 0.6 is 0 Å². The highest BCUT2D eigenvalue weighted by Crippen LogP contribution is 2.33. The number of piperidine rings is 1. The maximum Gasteiger partial charge on any atom is 0.573 e. The number of anilines is 1. The van der Waals surface area contributed by atoms with Crippen molar-refractivity contribution in [3.8, 4) is 5.75 Å². The van der Waals surface area contributed by atoms with Crippen molar-refractivity contribution in [3.63, 3.8) is 0 Å². The monoisotopic (exact) mass is 711 g/mol. The van der Waals surface area contributed by atoms with Gasteiger partial charge >= 0.3 is 24.4 Å². The Morgan fingerprint density at radius 1 is 1.08 bits per heavy atom. The molecule has 2 N–H and O–H groups in total. The molecule has 3 aromatic rings. The first-order valence-corrected chi connectivity index (χ1v) is 14.3. The zero-order chi connectivity index (χ0) is 36.1. The third kappa shape index (κ3) is 9.95. The van der Waals surface area contributed by atoms with Crippen molar-refractivity contribution in [3.05, 3.63) is 69.9 Å². The maximum atomic E-state index is 14.7. The van der Waals surface area contributed by atoms with E-state index in [4.69, 9.17) is 0 Å². The number of halogens is 9. The van der Waals surface area contributed by atoms with Gasteiger partial charge in [-0.05, 0) is 43.5 Å². The Labute approximate surface area is 269 Å². The van der Waals surface area contributed by atoms with Gasteiger partial charge in [0.15, 0.2) is 5.69 Å². The summed E-state index contributed by atoms with van der Waals surface area (Å²) in [5.74, 6) is -8.64. The van der Waals surface area contributed by atoms with Gasteiger partial charge in [0.25, 0.3) is 11.5 Å². The highest BCUT2D eigenvalue weighted by Gasteiger charge is 2.43. The third-order valence-electron chi connectivity index (χ3n) is 7.25. The smallest absolute Gasteiger partial charge is 0.406 e. The molecule has 3 heterocycles. The van der Waals surface area contributed by atoms with Gasteiger partial charge < -0.3 is 24.8 Å². The summed E-state index contributed by atoms with van der Waals surface area (Å²) < 4.78 is 125. The quantitative estimate of drug-likeness (QED) is 0.242. The lowest BCUT2D eigenvalue weighted by Crippen LogP contribution is -2.48. The topological polar surface area (TPSA) is 140 Å². The third-order valence-corrected chi connectivity index (χ3v) is 7.25. The number of carbonyl (C=O) groups is 3. The molecule has 49 heavy (non-hydrogen) atoms. The van der Waals surface area contributed by atoms with Crippen LogP contribution in [0.2, 0.25) is 0 Å². The molecule has 266 valence electrons. The van der Waals surface area contributed by atoms with E-state index in [9.17, 15) is 58.7 Å². The second-order valence-corrected chi connectivity index (χ2v) is 10.8. The van der Waals surface area contributed by atoms with Gasteiger partial charge in [0, 0.05) is 37.9 Å². The van der Waals surface area contributed by atoms with E-state index in [0.717, 1.165) is 45.9 Å². The van der Waals surface area contributed by atoms with Gasteiger partial charge in [0.1, 0.15) is 17.7 Å². The molecule has 1 aliphatic rings. The number of hydrogen-bond acceptors (Lipinski definition) is 7. The molecule has 1 unspecified atom stereocenters. The number of amides is 3. The van der Waals surface area contributed by atoms with Crippen LogP contribution in [-0.4, -0.2) is 74.0 Å². The van der Waals surface area contributed by atoms with Crippen LogP contribution in [0.5, 0.6) is 5.75 Å². The van der Waals surface area contributed by atoms with Gasteiger partial charge in [-0.1, -0.05) is 5.21 Å². The molecule has 21 heteroatoms. The minimum Gasteiger partial charge on any atom is -0.406 e. The molecule has 3 amide bonds. The molecular formula is C28H26F9N7O5. The fraction of sp³-hybridized carbons (Fsp3) is 0.429. The van der Waals surface area contributed by atoms with Gasteiger partial charge in [-0.2, -0.15) is 17.6 Å². The van der Waals surface area contributed by atoms with Crippen LogP contribution in [0.15, 0.2) is 41.5 Å². The van der Waals surface area contributed by atoms with Crippen LogP contribution < -0.4 is 20.9 Å². The molecule has 1 saturated heterocycles. The van der Waals surface area contributed by atoms with E-state index < -0.39 is 90.6 Å². The van der Waals surface area contributed by atoms with E-state index in [0.29, 0.717) is 4.90 Å². The Morgan fingerprint density at radius 3 is 2.51 bits per heavy atom. The van der Waals surface area contributed by atoms with Crippen molar-refractivity contribution in [2.45, 2.75) is 57.6 Å². The van der Waals surface area contributed by atoms with Crippen LogP contribution in [0.4, 0.5) is 45.2 Å². The van der Waals surface area contributed by atoms with Crippen molar-refractivity contribution in [1.29, 1.82) is 0 Å². The molecule has 4 rings (SSSR count). The number of ether oxygens (including phenoxy) is 1. The zero-order valence-corrected chi connectivity index (χ0v) is 25.0. The Kier molecular flexibility index (Phi) is 11.2. The summed E-state index contributed by atoms with van der Waals surface area (Å²) in [6.07, 6.45) is -9.86. The van der Waals surface area contributed by atoms with Gasteiger partial charge in [0.05, 0.1) is 24.3 Å². The molecule has 1 aliphatic heterocycles. The fourth-order valence-electron chi connectivity index (χ4n) is 4.78. The SMILES string of the molecule is O=C(Nc1ccn(CCC(F)Cn2cc(C(=O)NCc3cc(OC(F)(F)F)ccc3F)nn2)c(=O)c1F)C(=O)N1CCC[C@H](C(F)(F)F)C1. The molecule has 0 radical (unpaired) electrons. The van der Waals surface area contributed by atoms with E-state index >= 15 is 0 Å². The summed E-state index contributed by atoms with van der Waals surface area (Å²) in [6, 6.07) is 3.12. The largest absolute Gasteiger partial charge is 0.573 e. The molecule has 12 nitrogen and oxygen atoms in total. The normalized spacial score (nSPS) is 15.9. The molecule has 0 saturated carbocycles. The van der Waals surface area contributed by atoms with Crippen LogP contribution in [0.3, 0.4) is 0 Å². The number of pyridine rings is 1. The Bertz CT molecular complexity index is 1740. The Hall–Kier alpha value is -5.11. The van der Waals surface area contributed by atoms with Crippen LogP contribution in [0.25, 0.3) is 0 Å². The molecule has 0 aliphatic carbocycles. The predicted molar refractivity (Wildman–Crippen MR) is 148 cm³/mol. The van der Waals surface area contributed by atoms with E-state index in [-0.39, 0.29) is 43.6 Å². The zero-order valence-electron chi connectivity index (χ0n) is 25.0. The predicted octanol–water partition coefficient (Wildman–Crippen LogP) is 3.71. The summed E-state index contributed by atoms with van der Waals surface area (Å²) >= 11 is 0. The van der Waals surface area contributed by atoms with Gasteiger partial charge in [-0.15, -0.1) is 18.3 Å². The molecule has 1 aromatic carbocycles. The number of nitrogens with one attached hydrogen (secondary N) is 2. The average molecular weight is 712 g/mol. The summed E-state index contributed by atoms with van der Waals surface area (Å²) in [5.41, 5.74) is -2.68. The minimum atomic E-state index is -5.02. The highest BCUT2D eigenvalue weighted by atomic mass is 19.4. The van der Waals surface area contributed by atoms with E-state index in [2.05, 4.69) is 20.4 Å². The molecule has 2 atom stereocenters. The summed E-state index contributed by atoms with van der Waals surface area (Å²) in [6.45, 7) is -2.26. The van der Waals surface area contributed by atoms with Crippen LogP contribution in [0, 0.1) is 17.6 Å². The molecule has 1 fully saturated rings. The lowest BCUT2D eigenvalue weighted by atomic mass is 9.97. The first kappa shape index (κ1) is 36.7. The molecule has 2 aromatic heterocycles. The van der Waals surface area contributed by atoms with Crippen LogP contribution in [-0.2, 0) is 29.2 Å². The second-order valence-electron chi connectivity index (χ2n) is 10.8. The minimum absolute atomic E-state index is 0.00407. The number of benzene rings is 1. The number of alkyl halides is 7. The first-order chi connectivity index (χ1) is 22.9. The molecular weight excluding hydrogens is 685 g/mol. The number of rotatable bonds is 10. The Morgan fingerprint density at radius 2 is 1.82 bits per heavy atom. The van der Waals surface area contributed by atoms with Gasteiger partial charge in [-0.3, -0.25) is 19.2 Å². The number of hydrogen-bond donors (Lipinski definition) is 2. The summed E-state index contributed by atoms with van der Waals surface area (Å²) in [7, 11) is 0. The standard InChI is InChI=1S/C28H26F9N7O5/c29-17(13-44-14-21(40-41-44)23(45)38-11-15-10-18(3-4-19(15)30)49-28(35,36)37)5-8-42-9-6-20(22(31)25(42)47)39-24(46)26(48)43-7-1-2-16(12-43)27(32,33)34/h3-4,6,9-10,14,16-17H,1-2,5,7-8,11-13H2,(H,38,45)(H,39,46)/t16-,17?/m0/s1. The fourth-order valence-corrected chi connectivity index (χ4v) is 4.78. The number of aromatic nitrogens is 4. The number of nitrogens with zero attached hydrogens (tertiary/aromatic N) is 5. The molecule has 0 spiro atoms. The lowest BCUT2D eigenvalue weighted by molar-refractivity contribution is -0.274. The van der Waals surface area contributed by atoms with Crippen LogP contribution in [0.1, 0.15) is 35.3 Å². The lowest BCUT2D eigenvalue weighted by Gasteiger charge is -2.33. The van der Waals surface area contributed by atoms with E-state index in [1.807, 2.05) is 5.32 Å². The van der Waals surface area contributed by atoms with Crippen molar-refractivity contribution < 1.29 is 58.6 Å². The first-order valence-electron chi connectivity index (χ1n) is 14.3. The van der Waals surface area contributed by atoms with Crippen molar-refractivity contribution in [2.75, 3.05) is 18.4 Å². The van der Waals surface area contributed by atoms with Gasteiger partial charge in [-0.25, -0.2) is 13.5 Å². The second kappa shape index (κ2) is 15.0. The highest BCUT2D eigenvalue weighted by molar-refractivity contribution is 6.39. The van der Waals surface area contributed by atoms with E-state index in [1.54, 1.807) is 0 Å². The summed E-state index contributed by atoms with van der Waals surface area (Å²) in [5, 5.41) is 11.2. The van der Waals surface area contributed by atoms with Crippen molar-refractivity contribution in [2.24, 2.45) is 5.92 Å². The molecule has 0 bridgehead atoms. The number of carbonyl (C=O) groups excluding carboxylic acids is 3.